The number of hydrogen-bond donors (Lipinski definition) is 1. The van der Waals surface area contributed by atoms with Crippen LogP contribution in [0.2, 0.25) is 0 Å². The Kier molecular flexibility index (Phi) is 3.96. The lowest BCUT2D eigenvalue weighted by Crippen LogP contribution is -2.06. The van der Waals surface area contributed by atoms with E-state index in [4.69, 9.17) is 4.74 Å². The third-order valence-electron chi connectivity index (χ3n) is 2.15. The topological polar surface area (TPSA) is 29.5 Å². The van der Waals surface area contributed by atoms with Crippen molar-refractivity contribution in [1.82, 2.24) is 0 Å². The van der Waals surface area contributed by atoms with Gasteiger partial charge in [-0.2, -0.15) is 0 Å². The second-order valence-electron chi connectivity index (χ2n) is 3.58. The molecule has 14 heavy (non-hydrogen) atoms. The molecule has 0 aliphatic carbocycles. The van der Waals surface area contributed by atoms with Crippen molar-refractivity contribution in [3.8, 4) is 5.75 Å². The first-order valence-electron chi connectivity index (χ1n) is 4.57. The number of hydrogen-bond acceptors (Lipinski definition) is 2. The SMILES string of the molecule is COc1ccc(Br)c(C(O)C(C)C)c1. The minimum absolute atomic E-state index is 0.193. The van der Waals surface area contributed by atoms with Gasteiger partial charge in [-0.3, -0.25) is 0 Å². The highest BCUT2D eigenvalue weighted by Crippen LogP contribution is 2.31. The number of methoxy groups -OCH3 is 1. The van der Waals surface area contributed by atoms with Gasteiger partial charge in [0, 0.05) is 4.47 Å². The van der Waals surface area contributed by atoms with Gasteiger partial charge in [0.2, 0.25) is 0 Å². The van der Waals surface area contributed by atoms with E-state index in [1.54, 1.807) is 7.11 Å². The number of ether oxygens (including phenoxy) is 1. The zero-order valence-corrected chi connectivity index (χ0v) is 10.2. The van der Waals surface area contributed by atoms with Crippen LogP contribution in [-0.4, -0.2) is 12.2 Å². The number of aliphatic hydroxyl groups excluding tert-OH is 1. The quantitative estimate of drug-likeness (QED) is 0.903. The monoisotopic (exact) mass is 258 g/mol. The van der Waals surface area contributed by atoms with Gasteiger partial charge < -0.3 is 9.84 Å². The van der Waals surface area contributed by atoms with E-state index >= 15 is 0 Å². The van der Waals surface area contributed by atoms with Crippen LogP contribution < -0.4 is 4.74 Å². The average Bonchev–Trinajstić information content (AvgIpc) is 2.17. The number of benzene rings is 1. The first-order valence-corrected chi connectivity index (χ1v) is 5.37. The molecule has 0 saturated heterocycles. The van der Waals surface area contributed by atoms with Crippen LogP contribution in [0, 0.1) is 5.92 Å². The fourth-order valence-corrected chi connectivity index (χ4v) is 1.72. The number of halogens is 1. The lowest BCUT2D eigenvalue weighted by atomic mass is 9.99. The maximum Gasteiger partial charge on any atom is 0.119 e. The molecule has 0 aromatic heterocycles. The third kappa shape index (κ3) is 2.49. The summed E-state index contributed by atoms with van der Waals surface area (Å²) < 4.78 is 6.02. The van der Waals surface area contributed by atoms with Crippen LogP contribution in [0.5, 0.6) is 5.75 Å². The van der Waals surface area contributed by atoms with Crippen molar-refractivity contribution >= 4 is 15.9 Å². The predicted octanol–water partition coefficient (Wildman–Crippen LogP) is 3.15. The van der Waals surface area contributed by atoms with E-state index in [1.807, 2.05) is 32.0 Å². The van der Waals surface area contributed by atoms with E-state index in [9.17, 15) is 5.11 Å². The molecule has 78 valence electrons. The van der Waals surface area contributed by atoms with Crippen molar-refractivity contribution in [2.75, 3.05) is 7.11 Å². The van der Waals surface area contributed by atoms with Crippen molar-refractivity contribution in [3.05, 3.63) is 28.2 Å². The molecule has 1 aromatic carbocycles. The van der Waals surface area contributed by atoms with Crippen molar-refractivity contribution < 1.29 is 9.84 Å². The normalized spacial score (nSPS) is 13.0. The van der Waals surface area contributed by atoms with E-state index in [1.165, 1.54) is 0 Å². The summed E-state index contributed by atoms with van der Waals surface area (Å²) in [6, 6.07) is 5.61. The Morgan fingerprint density at radius 3 is 2.50 bits per heavy atom. The molecule has 1 aromatic rings. The van der Waals surface area contributed by atoms with Gasteiger partial charge in [-0.25, -0.2) is 0 Å². The molecule has 1 rings (SSSR count). The van der Waals surface area contributed by atoms with Gasteiger partial charge in [0.25, 0.3) is 0 Å². The van der Waals surface area contributed by atoms with Gasteiger partial charge in [0.05, 0.1) is 13.2 Å². The van der Waals surface area contributed by atoms with Gasteiger partial charge in [-0.15, -0.1) is 0 Å². The van der Waals surface area contributed by atoms with E-state index in [0.717, 1.165) is 15.8 Å². The summed E-state index contributed by atoms with van der Waals surface area (Å²) >= 11 is 3.41. The van der Waals surface area contributed by atoms with Crippen LogP contribution in [-0.2, 0) is 0 Å². The Bertz CT molecular complexity index is 310. The van der Waals surface area contributed by atoms with Crippen LogP contribution in [0.3, 0.4) is 0 Å². The molecule has 0 bridgehead atoms. The summed E-state index contributed by atoms with van der Waals surface area (Å²) in [4.78, 5) is 0. The molecule has 0 heterocycles. The lowest BCUT2D eigenvalue weighted by molar-refractivity contribution is 0.126. The largest absolute Gasteiger partial charge is 0.497 e. The van der Waals surface area contributed by atoms with Crippen molar-refractivity contribution in [3.63, 3.8) is 0 Å². The highest BCUT2D eigenvalue weighted by molar-refractivity contribution is 9.10. The fourth-order valence-electron chi connectivity index (χ4n) is 1.23. The Morgan fingerprint density at radius 2 is 2.00 bits per heavy atom. The van der Waals surface area contributed by atoms with Crippen LogP contribution in [0.25, 0.3) is 0 Å². The number of aliphatic hydroxyl groups is 1. The highest BCUT2D eigenvalue weighted by atomic mass is 79.9. The van der Waals surface area contributed by atoms with E-state index in [-0.39, 0.29) is 5.92 Å². The van der Waals surface area contributed by atoms with Crippen molar-refractivity contribution in [2.24, 2.45) is 5.92 Å². The van der Waals surface area contributed by atoms with Crippen LogP contribution in [0.1, 0.15) is 25.5 Å². The molecule has 0 saturated carbocycles. The minimum Gasteiger partial charge on any atom is -0.497 e. The Morgan fingerprint density at radius 1 is 1.36 bits per heavy atom. The average molecular weight is 259 g/mol. The standard InChI is InChI=1S/C11H15BrO2/c1-7(2)11(13)9-6-8(14-3)4-5-10(9)12/h4-7,11,13H,1-3H3. The lowest BCUT2D eigenvalue weighted by Gasteiger charge is -2.17. The maximum absolute atomic E-state index is 9.91. The third-order valence-corrected chi connectivity index (χ3v) is 2.88. The smallest absolute Gasteiger partial charge is 0.119 e. The molecular formula is C11H15BrO2. The zero-order chi connectivity index (χ0) is 10.7. The predicted molar refractivity (Wildman–Crippen MR) is 60.5 cm³/mol. The second-order valence-corrected chi connectivity index (χ2v) is 4.43. The van der Waals surface area contributed by atoms with E-state index in [0.29, 0.717) is 0 Å². The van der Waals surface area contributed by atoms with Crippen molar-refractivity contribution in [1.29, 1.82) is 0 Å². The van der Waals surface area contributed by atoms with E-state index in [2.05, 4.69) is 15.9 Å². The summed E-state index contributed by atoms with van der Waals surface area (Å²) in [5.41, 5.74) is 0.874. The molecule has 2 nitrogen and oxygen atoms in total. The molecular weight excluding hydrogens is 244 g/mol. The minimum atomic E-state index is -0.459. The molecule has 3 heteroatoms. The summed E-state index contributed by atoms with van der Waals surface area (Å²) in [7, 11) is 1.62. The molecule has 0 amide bonds. The second kappa shape index (κ2) is 4.80. The summed E-state index contributed by atoms with van der Waals surface area (Å²) in [6.45, 7) is 3.97. The van der Waals surface area contributed by atoms with Gasteiger partial charge in [-0.05, 0) is 29.7 Å². The van der Waals surface area contributed by atoms with Crippen LogP contribution >= 0.6 is 15.9 Å². The van der Waals surface area contributed by atoms with Gasteiger partial charge in [0.15, 0.2) is 0 Å². The Labute approximate surface area is 93.0 Å². The summed E-state index contributed by atoms with van der Waals surface area (Å²) in [5.74, 6) is 0.960. The van der Waals surface area contributed by atoms with Gasteiger partial charge in [0.1, 0.15) is 5.75 Å². The van der Waals surface area contributed by atoms with Crippen molar-refractivity contribution in [2.45, 2.75) is 20.0 Å². The fraction of sp³-hybridized carbons (Fsp3) is 0.455. The maximum atomic E-state index is 9.91. The molecule has 0 aliphatic heterocycles. The first-order chi connectivity index (χ1) is 6.56. The molecule has 1 unspecified atom stereocenters. The zero-order valence-electron chi connectivity index (χ0n) is 8.62. The van der Waals surface area contributed by atoms with Crippen LogP contribution in [0.4, 0.5) is 0 Å². The highest BCUT2D eigenvalue weighted by Gasteiger charge is 2.15. The molecule has 0 fully saturated rings. The summed E-state index contributed by atoms with van der Waals surface area (Å²) in [6.07, 6.45) is -0.459. The molecule has 0 aliphatic rings. The van der Waals surface area contributed by atoms with Gasteiger partial charge in [-0.1, -0.05) is 29.8 Å². The Balaban J connectivity index is 3.05. The van der Waals surface area contributed by atoms with E-state index < -0.39 is 6.10 Å². The molecule has 0 spiro atoms. The molecule has 1 N–H and O–H groups in total. The molecule has 0 radical (unpaired) electrons. The molecule has 1 atom stereocenters. The first kappa shape index (κ1) is 11.5. The number of rotatable bonds is 3. The summed E-state index contributed by atoms with van der Waals surface area (Å²) in [5, 5.41) is 9.91. The Hall–Kier alpha value is -0.540. The van der Waals surface area contributed by atoms with Crippen LogP contribution in [0.15, 0.2) is 22.7 Å². The van der Waals surface area contributed by atoms with Gasteiger partial charge >= 0.3 is 0 Å².